The van der Waals surface area contributed by atoms with Gasteiger partial charge in [-0.25, -0.2) is 4.90 Å². The molecule has 1 unspecified atom stereocenters. The summed E-state index contributed by atoms with van der Waals surface area (Å²) in [7, 11) is 0. The van der Waals surface area contributed by atoms with Gasteiger partial charge in [-0.2, -0.15) is 0 Å². The van der Waals surface area contributed by atoms with E-state index in [0.29, 0.717) is 11.3 Å². The number of hydrogen-bond acceptors (Lipinski definition) is 6. The number of pyridine rings is 1. The van der Waals surface area contributed by atoms with Crippen molar-refractivity contribution in [3.8, 4) is 0 Å². The van der Waals surface area contributed by atoms with Gasteiger partial charge in [0.2, 0.25) is 5.91 Å². The molecule has 0 spiro atoms. The SMILES string of the molecule is O=C1CC(N(Cc2cccnc2)C(=O)c2cccc([N+](=O)[O-])c2)C(=O)N1c1ccc(Br)cc1. The van der Waals surface area contributed by atoms with Gasteiger partial charge in [-0.3, -0.25) is 29.5 Å². The first-order valence-corrected chi connectivity index (χ1v) is 10.7. The predicted molar refractivity (Wildman–Crippen MR) is 122 cm³/mol. The van der Waals surface area contributed by atoms with Gasteiger partial charge < -0.3 is 4.90 Å². The summed E-state index contributed by atoms with van der Waals surface area (Å²) in [5, 5.41) is 11.2. The topological polar surface area (TPSA) is 114 Å². The van der Waals surface area contributed by atoms with Crippen molar-refractivity contribution < 1.29 is 19.3 Å². The molecule has 4 rings (SSSR count). The Morgan fingerprint density at radius 2 is 1.91 bits per heavy atom. The molecule has 1 aliphatic rings. The van der Waals surface area contributed by atoms with E-state index in [0.717, 1.165) is 15.4 Å². The maximum atomic E-state index is 13.4. The van der Waals surface area contributed by atoms with Gasteiger partial charge in [-0.15, -0.1) is 0 Å². The number of non-ortho nitro benzene ring substituents is 1. The van der Waals surface area contributed by atoms with Crippen LogP contribution in [-0.2, 0) is 16.1 Å². The fourth-order valence-corrected chi connectivity index (χ4v) is 3.92. The maximum Gasteiger partial charge on any atom is 0.270 e. The molecule has 166 valence electrons. The monoisotopic (exact) mass is 508 g/mol. The summed E-state index contributed by atoms with van der Waals surface area (Å²) in [5.41, 5.74) is 0.862. The highest BCUT2D eigenvalue weighted by molar-refractivity contribution is 9.10. The first kappa shape index (κ1) is 22.3. The zero-order chi connectivity index (χ0) is 23.5. The molecule has 2 heterocycles. The summed E-state index contributed by atoms with van der Waals surface area (Å²) in [6.45, 7) is 0.00717. The Morgan fingerprint density at radius 3 is 2.58 bits per heavy atom. The lowest BCUT2D eigenvalue weighted by molar-refractivity contribution is -0.384. The van der Waals surface area contributed by atoms with E-state index in [2.05, 4.69) is 20.9 Å². The average Bonchev–Trinajstić information content (AvgIpc) is 3.12. The number of nitrogens with zero attached hydrogens (tertiary/aromatic N) is 4. The van der Waals surface area contributed by atoms with Crippen molar-refractivity contribution in [3.63, 3.8) is 0 Å². The number of carbonyl (C=O) groups excluding carboxylic acids is 3. The Labute approximate surface area is 196 Å². The maximum absolute atomic E-state index is 13.4. The van der Waals surface area contributed by atoms with Crippen LogP contribution in [0.25, 0.3) is 0 Å². The number of halogens is 1. The number of rotatable bonds is 6. The number of nitro benzene ring substituents is 1. The molecule has 3 aromatic rings. The number of hydrogen-bond donors (Lipinski definition) is 0. The second kappa shape index (κ2) is 9.29. The lowest BCUT2D eigenvalue weighted by Crippen LogP contribution is -2.45. The summed E-state index contributed by atoms with van der Waals surface area (Å²) in [5.74, 6) is -1.56. The van der Waals surface area contributed by atoms with Crippen molar-refractivity contribution >= 4 is 45.0 Å². The van der Waals surface area contributed by atoms with Crippen LogP contribution in [0.15, 0.2) is 77.5 Å². The van der Waals surface area contributed by atoms with Gasteiger partial charge in [0.25, 0.3) is 17.5 Å². The van der Waals surface area contributed by atoms with E-state index in [-0.39, 0.29) is 24.2 Å². The van der Waals surface area contributed by atoms with E-state index in [1.807, 2.05) is 0 Å². The molecule has 0 radical (unpaired) electrons. The van der Waals surface area contributed by atoms with Crippen LogP contribution in [0.4, 0.5) is 11.4 Å². The Kier molecular flexibility index (Phi) is 6.27. The number of imide groups is 1. The molecule has 2 aromatic carbocycles. The molecule has 0 saturated carbocycles. The minimum atomic E-state index is -1.06. The molecule has 1 saturated heterocycles. The van der Waals surface area contributed by atoms with Crippen molar-refractivity contribution in [2.24, 2.45) is 0 Å². The van der Waals surface area contributed by atoms with Crippen LogP contribution in [0.2, 0.25) is 0 Å². The van der Waals surface area contributed by atoms with E-state index >= 15 is 0 Å². The van der Waals surface area contributed by atoms with Crippen molar-refractivity contribution in [2.45, 2.75) is 19.0 Å². The fraction of sp³-hybridized carbons (Fsp3) is 0.130. The molecule has 1 fully saturated rings. The largest absolute Gasteiger partial charge is 0.322 e. The number of anilines is 1. The van der Waals surface area contributed by atoms with Crippen LogP contribution in [0.1, 0.15) is 22.3 Å². The highest BCUT2D eigenvalue weighted by atomic mass is 79.9. The van der Waals surface area contributed by atoms with Gasteiger partial charge in [0.15, 0.2) is 0 Å². The molecule has 0 N–H and O–H groups in total. The first-order valence-electron chi connectivity index (χ1n) is 9.92. The minimum absolute atomic E-state index is 0.00717. The second-order valence-electron chi connectivity index (χ2n) is 7.37. The van der Waals surface area contributed by atoms with Crippen molar-refractivity contribution in [1.82, 2.24) is 9.88 Å². The number of amides is 3. The van der Waals surface area contributed by atoms with Crippen LogP contribution in [0.5, 0.6) is 0 Å². The molecular weight excluding hydrogens is 492 g/mol. The fourth-order valence-electron chi connectivity index (χ4n) is 3.65. The number of nitro groups is 1. The molecule has 1 aromatic heterocycles. The molecule has 1 atom stereocenters. The number of benzene rings is 2. The summed E-state index contributed by atoms with van der Waals surface area (Å²) in [6.07, 6.45) is 2.94. The molecule has 33 heavy (non-hydrogen) atoms. The minimum Gasteiger partial charge on any atom is -0.322 e. The third-order valence-electron chi connectivity index (χ3n) is 5.22. The van der Waals surface area contributed by atoms with Crippen LogP contribution in [-0.4, -0.2) is 38.6 Å². The van der Waals surface area contributed by atoms with Gasteiger partial charge in [-0.1, -0.05) is 28.1 Å². The molecular formula is C23H17BrN4O5. The van der Waals surface area contributed by atoms with Crippen LogP contribution < -0.4 is 4.90 Å². The second-order valence-corrected chi connectivity index (χ2v) is 8.28. The zero-order valence-corrected chi connectivity index (χ0v) is 18.7. The molecule has 9 nitrogen and oxygen atoms in total. The molecule has 10 heteroatoms. The van der Waals surface area contributed by atoms with Gasteiger partial charge in [0, 0.05) is 41.1 Å². The first-order chi connectivity index (χ1) is 15.8. The molecule has 0 bridgehead atoms. The summed E-state index contributed by atoms with van der Waals surface area (Å²) in [4.78, 5) is 56.5. The van der Waals surface area contributed by atoms with Crippen LogP contribution >= 0.6 is 15.9 Å². The molecule has 0 aliphatic carbocycles. The van der Waals surface area contributed by atoms with E-state index in [1.54, 1.807) is 48.8 Å². The Hall–Kier alpha value is -3.92. The van der Waals surface area contributed by atoms with Gasteiger partial charge >= 0.3 is 0 Å². The van der Waals surface area contributed by atoms with Crippen molar-refractivity contribution in [1.29, 1.82) is 0 Å². The van der Waals surface area contributed by atoms with Crippen molar-refractivity contribution in [3.05, 3.63) is 98.8 Å². The molecule has 3 amide bonds. The highest BCUT2D eigenvalue weighted by Crippen LogP contribution is 2.29. The van der Waals surface area contributed by atoms with Crippen LogP contribution in [0.3, 0.4) is 0 Å². The summed E-state index contributed by atoms with van der Waals surface area (Å²) >= 11 is 3.32. The van der Waals surface area contributed by atoms with E-state index in [1.165, 1.54) is 23.1 Å². The summed E-state index contributed by atoms with van der Waals surface area (Å²) < 4.78 is 0.793. The van der Waals surface area contributed by atoms with E-state index in [9.17, 15) is 24.5 Å². The lowest BCUT2D eigenvalue weighted by Gasteiger charge is -2.27. The normalized spacial score (nSPS) is 15.5. The zero-order valence-electron chi connectivity index (χ0n) is 17.1. The predicted octanol–water partition coefficient (Wildman–Crippen LogP) is 3.73. The molecule has 1 aliphatic heterocycles. The lowest BCUT2D eigenvalue weighted by atomic mass is 10.1. The quantitative estimate of drug-likeness (QED) is 0.284. The Balaban J connectivity index is 1.70. The third-order valence-corrected chi connectivity index (χ3v) is 5.75. The van der Waals surface area contributed by atoms with Gasteiger partial charge in [0.1, 0.15) is 6.04 Å². The van der Waals surface area contributed by atoms with Crippen LogP contribution in [0, 0.1) is 10.1 Å². The van der Waals surface area contributed by atoms with Gasteiger partial charge in [0.05, 0.1) is 17.0 Å². The van der Waals surface area contributed by atoms with E-state index in [4.69, 9.17) is 0 Å². The highest BCUT2D eigenvalue weighted by Gasteiger charge is 2.44. The Bertz CT molecular complexity index is 1230. The summed E-state index contributed by atoms with van der Waals surface area (Å²) in [6, 6.07) is 14.4. The average molecular weight is 509 g/mol. The smallest absolute Gasteiger partial charge is 0.270 e. The van der Waals surface area contributed by atoms with E-state index < -0.39 is 28.7 Å². The number of aromatic nitrogens is 1. The van der Waals surface area contributed by atoms with Gasteiger partial charge in [-0.05, 0) is 42.0 Å². The third kappa shape index (κ3) is 4.65. The standard InChI is InChI=1S/C23H17BrN4O5/c24-17-6-8-18(9-7-17)27-21(29)12-20(23(27)31)26(14-15-3-2-10-25-13-15)22(30)16-4-1-5-19(11-16)28(32)33/h1-11,13,20H,12,14H2. The Morgan fingerprint density at radius 1 is 1.15 bits per heavy atom. The number of carbonyl (C=O) groups is 3. The van der Waals surface area contributed by atoms with Crippen molar-refractivity contribution in [2.75, 3.05) is 4.90 Å².